The zero-order valence-corrected chi connectivity index (χ0v) is 16.3. The lowest BCUT2D eigenvalue weighted by atomic mass is 10.1. The molecular weight excluding hydrogens is 395 g/mol. The summed E-state index contributed by atoms with van der Waals surface area (Å²) >= 11 is 0. The number of hydrogen-bond acceptors (Lipinski definition) is 4. The lowest BCUT2D eigenvalue weighted by Crippen LogP contribution is -2.20. The van der Waals surface area contributed by atoms with E-state index in [1.54, 1.807) is 36.4 Å². The Bertz CT molecular complexity index is 1410. The number of amides is 1. The second-order valence-electron chi connectivity index (χ2n) is 7.00. The summed E-state index contributed by atoms with van der Waals surface area (Å²) in [5.41, 5.74) is 1.86. The minimum Gasteiger partial charge on any atom is -0.483 e. The number of nitrogens with one attached hydrogen (secondary N) is 1. The van der Waals surface area contributed by atoms with Crippen LogP contribution >= 0.6 is 0 Å². The van der Waals surface area contributed by atoms with Crippen LogP contribution in [0.4, 0.5) is 10.1 Å². The largest absolute Gasteiger partial charge is 0.483 e. The summed E-state index contributed by atoms with van der Waals surface area (Å²) in [4.78, 5) is 16.8. The van der Waals surface area contributed by atoms with Crippen LogP contribution in [0.25, 0.3) is 33.3 Å². The molecule has 5 aromatic rings. The van der Waals surface area contributed by atoms with Crippen molar-refractivity contribution in [3.05, 3.63) is 90.7 Å². The first-order valence-corrected chi connectivity index (χ1v) is 9.73. The molecule has 6 heteroatoms. The van der Waals surface area contributed by atoms with Crippen molar-refractivity contribution in [2.24, 2.45) is 0 Å². The number of carbonyl (C=O) groups is 1. The van der Waals surface area contributed by atoms with Gasteiger partial charge in [0.25, 0.3) is 5.91 Å². The zero-order chi connectivity index (χ0) is 21.2. The van der Waals surface area contributed by atoms with E-state index in [9.17, 15) is 9.18 Å². The summed E-state index contributed by atoms with van der Waals surface area (Å²) in [6, 6.07) is 24.9. The maximum absolute atomic E-state index is 14.0. The highest BCUT2D eigenvalue weighted by molar-refractivity contribution is 5.94. The van der Waals surface area contributed by atoms with Crippen LogP contribution in [-0.4, -0.2) is 17.5 Å². The van der Waals surface area contributed by atoms with Crippen LogP contribution in [-0.2, 0) is 4.79 Å². The zero-order valence-electron chi connectivity index (χ0n) is 16.3. The molecule has 0 aliphatic carbocycles. The first kappa shape index (κ1) is 18.8. The molecule has 0 radical (unpaired) electrons. The molecule has 0 saturated carbocycles. The molecule has 0 atom stereocenters. The van der Waals surface area contributed by atoms with Crippen LogP contribution in [0.2, 0.25) is 0 Å². The van der Waals surface area contributed by atoms with Gasteiger partial charge in [0.2, 0.25) is 5.89 Å². The minimum absolute atomic E-state index is 0.134. The Balaban J connectivity index is 1.31. The van der Waals surface area contributed by atoms with Gasteiger partial charge in [0.15, 0.2) is 12.2 Å². The number of fused-ring (bicyclic) bond motifs is 2. The monoisotopic (exact) mass is 412 g/mol. The predicted octanol–water partition coefficient (Wildman–Crippen LogP) is 5.80. The van der Waals surface area contributed by atoms with Crippen LogP contribution < -0.4 is 10.1 Å². The number of oxazole rings is 1. The number of benzene rings is 4. The van der Waals surface area contributed by atoms with E-state index in [1.807, 2.05) is 42.5 Å². The summed E-state index contributed by atoms with van der Waals surface area (Å²) < 4.78 is 25.4. The summed E-state index contributed by atoms with van der Waals surface area (Å²) in [7, 11) is 0. The molecule has 0 aliphatic rings. The molecule has 5 rings (SSSR count). The van der Waals surface area contributed by atoms with Crippen molar-refractivity contribution in [3.63, 3.8) is 0 Å². The molecule has 1 amide bonds. The minimum atomic E-state index is -0.409. The van der Waals surface area contributed by atoms with E-state index >= 15 is 0 Å². The number of ether oxygens (including phenoxy) is 1. The van der Waals surface area contributed by atoms with Crippen molar-refractivity contribution in [3.8, 4) is 17.2 Å². The predicted molar refractivity (Wildman–Crippen MR) is 117 cm³/mol. The van der Waals surface area contributed by atoms with Crippen LogP contribution in [0.1, 0.15) is 0 Å². The fourth-order valence-electron chi connectivity index (χ4n) is 3.42. The highest BCUT2D eigenvalue weighted by Gasteiger charge is 2.13. The fraction of sp³-hybridized carbons (Fsp3) is 0.0400. The third kappa shape index (κ3) is 3.83. The molecule has 0 aliphatic heterocycles. The molecule has 0 spiro atoms. The Morgan fingerprint density at radius 2 is 1.77 bits per heavy atom. The normalized spacial score (nSPS) is 11.0. The van der Waals surface area contributed by atoms with Gasteiger partial charge in [0, 0.05) is 11.1 Å². The molecule has 0 fully saturated rings. The molecule has 1 aromatic heterocycles. The van der Waals surface area contributed by atoms with Crippen molar-refractivity contribution in [1.82, 2.24) is 4.98 Å². The molecule has 1 N–H and O–H groups in total. The Morgan fingerprint density at radius 3 is 2.68 bits per heavy atom. The third-order valence-corrected chi connectivity index (χ3v) is 4.88. The van der Waals surface area contributed by atoms with Crippen molar-refractivity contribution >= 4 is 33.5 Å². The van der Waals surface area contributed by atoms with Gasteiger partial charge in [0.05, 0.1) is 5.56 Å². The van der Waals surface area contributed by atoms with Gasteiger partial charge in [0.1, 0.15) is 17.1 Å². The summed E-state index contributed by atoms with van der Waals surface area (Å²) in [6.07, 6.45) is 0. The van der Waals surface area contributed by atoms with E-state index in [-0.39, 0.29) is 24.0 Å². The summed E-state index contributed by atoms with van der Waals surface area (Å²) in [5.74, 6) is 0.129. The van der Waals surface area contributed by atoms with Crippen LogP contribution in [0.3, 0.4) is 0 Å². The molecule has 0 unspecified atom stereocenters. The molecule has 31 heavy (non-hydrogen) atoms. The Hall–Kier alpha value is -4.19. The van der Waals surface area contributed by atoms with Gasteiger partial charge < -0.3 is 14.5 Å². The Kier molecular flexibility index (Phi) is 4.80. The second-order valence-corrected chi connectivity index (χ2v) is 7.00. The highest BCUT2D eigenvalue weighted by Crippen LogP contribution is 2.28. The van der Waals surface area contributed by atoms with E-state index in [0.717, 1.165) is 10.8 Å². The lowest BCUT2D eigenvalue weighted by molar-refractivity contribution is -0.118. The van der Waals surface area contributed by atoms with Gasteiger partial charge in [-0.25, -0.2) is 9.37 Å². The van der Waals surface area contributed by atoms with Gasteiger partial charge in [-0.3, -0.25) is 4.79 Å². The number of halogens is 1. The smallest absolute Gasteiger partial charge is 0.262 e. The number of rotatable bonds is 5. The van der Waals surface area contributed by atoms with E-state index in [4.69, 9.17) is 9.15 Å². The molecule has 4 aromatic carbocycles. The lowest BCUT2D eigenvalue weighted by Gasteiger charge is -2.09. The maximum Gasteiger partial charge on any atom is 0.262 e. The third-order valence-electron chi connectivity index (χ3n) is 4.88. The van der Waals surface area contributed by atoms with E-state index < -0.39 is 5.82 Å². The topological polar surface area (TPSA) is 64.4 Å². The summed E-state index contributed by atoms with van der Waals surface area (Å²) in [6.45, 7) is -0.134. The van der Waals surface area contributed by atoms with Gasteiger partial charge in [-0.2, -0.15) is 0 Å². The van der Waals surface area contributed by atoms with Crippen LogP contribution in [0.5, 0.6) is 5.75 Å². The van der Waals surface area contributed by atoms with Crippen molar-refractivity contribution in [2.75, 3.05) is 11.9 Å². The average Bonchev–Trinajstić information content (AvgIpc) is 3.21. The van der Waals surface area contributed by atoms with Crippen molar-refractivity contribution in [1.29, 1.82) is 0 Å². The van der Waals surface area contributed by atoms with Gasteiger partial charge in [-0.1, -0.05) is 48.5 Å². The average molecular weight is 412 g/mol. The molecule has 152 valence electrons. The number of carbonyl (C=O) groups excluding carboxylic acids is 1. The highest BCUT2D eigenvalue weighted by atomic mass is 19.1. The van der Waals surface area contributed by atoms with E-state index in [0.29, 0.717) is 22.5 Å². The van der Waals surface area contributed by atoms with Crippen molar-refractivity contribution in [2.45, 2.75) is 0 Å². The molecule has 0 bridgehead atoms. The SMILES string of the molecule is O=C(COc1cccc2ccccc12)Nc1ccc2oc(-c3ccccc3F)nc2c1. The van der Waals surface area contributed by atoms with Crippen LogP contribution in [0.15, 0.2) is 89.3 Å². The number of aromatic nitrogens is 1. The molecule has 0 saturated heterocycles. The number of anilines is 1. The fourth-order valence-corrected chi connectivity index (χ4v) is 3.42. The summed E-state index contributed by atoms with van der Waals surface area (Å²) in [5, 5.41) is 4.78. The maximum atomic E-state index is 14.0. The number of nitrogens with zero attached hydrogens (tertiary/aromatic N) is 1. The quantitative estimate of drug-likeness (QED) is 0.396. The van der Waals surface area contributed by atoms with Gasteiger partial charge >= 0.3 is 0 Å². The first-order chi connectivity index (χ1) is 15.2. The van der Waals surface area contributed by atoms with Gasteiger partial charge in [-0.05, 0) is 41.8 Å². The first-order valence-electron chi connectivity index (χ1n) is 9.73. The Labute approximate surface area is 177 Å². The molecular formula is C25H17FN2O3. The van der Waals surface area contributed by atoms with E-state index in [1.165, 1.54) is 6.07 Å². The molecule has 1 heterocycles. The van der Waals surface area contributed by atoms with Crippen LogP contribution in [0, 0.1) is 5.82 Å². The molecule has 5 nitrogen and oxygen atoms in total. The Morgan fingerprint density at radius 1 is 0.968 bits per heavy atom. The second kappa shape index (κ2) is 7.91. The standard InChI is InChI=1S/C25H17FN2O3/c26-20-10-4-3-9-19(20)25-28-21-14-17(12-13-23(21)31-25)27-24(29)15-30-22-11-5-7-16-6-1-2-8-18(16)22/h1-14H,15H2,(H,27,29). The van der Waals surface area contributed by atoms with E-state index in [2.05, 4.69) is 10.3 Å². The van der Waals surface area contributed by atoms with Gasteiger partial charge in [-0.15, -0.1) is 0 Å². The number of hydrogen-bond donors (Lipinski definition) is 1. The van der Waals surface area contributed by atoms with Crippen molar-refractivity contribution < 1.29 is 18.3 Å².